The number of carbonyl (C=O) groups excluding carboxylic acids is 1. The number of rotatable bonds is 21. The molecule has 5 nitrogen and oxygen atoms in total. The van der Waals surface area contributed by atoms with Crippen molar-refractivity contribution in [3.05, 3.63) is 12.7 Å². The Hall–Kier alpha value is 0.120. The van der Waals surface area contributed by atoms with E-state index in [-0.39, 0.29) is 35.3 Å². The molecule has 1 N–H and O–H groups in total. The van der Waals surface area contributed by atoms with E-state index in [1.54, 1.807) is 13.8 Å². The fraction of sp³-hybridized carbons (Fsp3) is 0.875. The van der Waals surface area contributed by atoms with Crippen LogP contribution in [0.15, 0.2) is 12.7 Å². The van der Waals surface area contributed by atoms with Gasteiger partial charge in [0.25, 0.3) is 10.1 Å². The molecule has 31 heavy (non-hydrogen) atoms. The molecule has 1 amide bonds. The van der Waals surface area contributed by atoms with E-state index in [9.17, 15) is 13.2 Å². The second-order valence-electron chi connectivity index (χ2n) is 8.62. The van der Waals surface area contributed by atoms with Crippen LogP contribution >= 0.6 is 0 Å². The Kier molecular flexibility index (Phi) is 22.2. The summed E-state index contributed by atoms with van der Waals surface area (Å²) in [4.78, 5) is 11.7. The molecule has 0 aliphatic carbocycles. The van der Waals surface area contributed by atoms with E-state index in [0.29, 0.717) is 12.8 Å². The Morgan fingerprint density at radius 1 is 0.839 bits per heavy atom. The van der Waals surface area contributed by atoms with Crippen molar-refractivity contribution in [2.75, 3.05) is 5.75 Å². The summed E-state index contributed by atoms with van der Waals surface area (Å²) in [6.07, 6.45) is 19.7. The van der Waals surface area contributed by atoms with Gasteiger partial charge < -0.3 is 5.32 Å². The number of unbranched alkanes of at least 4 members (excludes halogenated alkanes) is 13. The molecular weight excluding hydrogens is 421 g/mol. The van der Waals surface area contributed by atoms with Gasteiger partial charge in [0.1, 0.15) is 0 Å². The van der Waals surface area contributed by atoms with E-state index in [0.717, 1.165) is 25.3 Å². The van der Waals surface area contributed by atoms with Gasteiger partial charge in [0.15, 0.2) is 5.72 Å². The van der Waals surface area contributed by atoms with Crippen LogP contribution in [0.4, 0.5) is 0 Å². The van der Waals surface area contributed by atoms with E-state index >= 15 is 0 Å². The third-order valence-corrected chi connectivity index (χ3v) is 6.88. The van der Waals surface area contributed by atoms with E-state index in [2.05, 4.69) is 18.8 Å². The molecule has 7 heteroatoms. The molecule has 0 saturated heterocycles. The Morgan fingerprint density at radius 2 is 1.26 bits per heavy atom. The molecule has 0 fully saturated rings. The molecule has 0 aliphatic heterocycles. The third-order valence-electron chi connectivity index (χ3n) is 5.35. The minimum atomic E-state index is -3.66. The van der Waals surface area contributed by atoms with Crippen LogP contribution in [-0.2, 0) is 19.1 Å². The zero-order valence-corrected chi connectivity index (χ0v) is 20.7. The molecule has 0 bridgehead atoms. The second-order valence-corrected chi connectivity index (χ2v) is 10.3. The van der Waals surface area contributed by atoms with Crippen molar-refractivity contribution in [1.82, 2.24) is 5.32 Å². The average Bonchev–Trinajstić information content (AvgIpc) is 2.67. The summed E-state index contributed by atoms with van der Waals surface area (Å²) in [5.74, 6) is -0.472. The number of nitrogens with one attached hydrogen (secondary N) is 1. The van der Waals surface area contributed by atoms with Gasteiger partial charge in [0, 0.05) is 0 Å². The van der Waals surface area contributed by atoms with Gasteiger partial charge in [-0.1, -0.05) is 104 Å². The normalized spacial score (nSPS) is 13.3. The van der Waals surface area contributed by atoms with Gasteiger partial charge in [0.2, 0.25) is 5.91 Å². The van der Waals surface area contributed by atoms with Crippen molar-refractivity contribution in [3.63, 3.8) is 0 Å². The van der Waals surface area contributed by atoms with Gasteiger partial charge >= 0.3 is 29.6 Å². The van der Waals surface area contributed by atoms with Crippen LogP contribution in [0.1, 0.15) is 124 Å². The zero-order chi connectivity index (χ0) is 22.7. The first-order valence-electron chi connectivity index (χ1n) is 12.2. The van der Waals surface area contributed by atoms with E-state index in [4.69, 9.17) is 4.18 Å². The quantitative estimate of drug-likeness (QED) is 0.0737. The van der Waals surface area contributed by atoms with Crippen LogP contribution in [0, 0.1) is 0 Å². The van der Waals surface area contributed by atoms with E-state index in [1.165, 1.54) is 70.6 Å². The molecule has 0 aromatic heterocycles. The summed E-state index contributed by atoms with van der Waals surface area (Å²) in [6.45, 7) is 9.10. The van der Waals surface area contributed by atoms with Crippen molar-refractivity contribution < 1.29 is 17.4 Å². The molecule has 1 unspecified atom stereocenters. The molecular formula is C24H48NNaO4S. The predicted octanol–water partition coefficient (Wildman–Crippen LogP) is 5.98. The van der Waals surface area contributed by atoms with Crippen molar-refractivity contribution >= 4 is 45.6 Å². The van der Waals surface area contributed by atoms with Crippen molar-refractivity contribution in [2.24, 2.45) is 0 Å². The van der Waals surface area contributed by atoms with E-state index in [1.807, 2.05) is 0 Å². The van der Waals surface area contributed by atoms with Gasteiger partial charge in [-0.2, -0.15) is 8.42 Å². The van der Waals surface area contributed by atoms with Gasteiger partial charge in [-0.25, -0.2) is 4.18 Å². The monoisotopic (exact) mass is 469 g/mol. The predicted molar refractivity (Wildman–Crippen MR) is 134 cm³/mol. The number of amides is 1. The Labute approximate surface area is 215 Å². The summed E-state index contributed by atoms with van der Waals surface area (Å²) >= 11 is 0. The first kappa shape index (κ1) is 33.3. The molecule has 0 heterocycles. The van der Waals surface area contributed by atoms with Crippen LogP contribution < -0.4 is 5.32 Å². The second kappa shape index (κ2) is 20.7. The van der Waals surface area contributed by atoms with Crippen LogP contribution in [0.25, 0.3) is 0 Å². The SMILES string of the molecule is C=CC(=O)NC(C)(CCCCCCCCCCCCCCCC)OS(=O)(=O)CCC.[NaH]. The summed E-state index contributed by atoms with van der Waals surface area (Å²) in [6, 6.07) is 0. The Balaban J connectivity index is 0. The van der Waals surface area contributed by atoms with Crippen LogP contribution in [0.3, 0.4) is 0 Å². The maximum absolute atomic E-state index is 12.1. The van der Waals surface area contributed by atoms with Crippen LogP contribution in [0.5, 0.6) is 0 Å². The van der Waals surface area contributed by atoms with Gasteiger partial charge in [-0.05, 0) is 32.3 Å². The van der Waals surface area contributed by atoms with Crippen LogP contribution in [-0.4, -0.2) is 55.4 Å². The maximum atomic E-state index is 12.1. The zero-order valence-electron chi connectivity index (χ0n) is 19.8. The summed E-state index contributed by atoms with van der Waals surface area (Å²) in [5.41, 5.74) is -1.21. The minimum absolute atomic E-state index is 0. The van der Waals surface area contributed by atoms with Gasteiger partial charge in [0.05, 0.1) is 5.75 Å². The summed E-state index contributed by atoms with van der Waals surface area (Å²) in [7, 11) is -3.66. The topological polar surface area (TPSA) is 72.5 Å². The van der Waals surface area contributed by atoms with Gasteiger partial charge in [-0.15, -0.1) is 0 Å². The molecule has 0 rings (SSSR count). The Bertz CT molecular complexity index is 554. The van der Waals surface area contributed by atoms with E-state index < -0.39 is 21.8 Å². The van der Waals surface area contributed by atoms with Crippen molar-refractivity contribution in [2.45, 2.75) is 129 Å². The number of hydrogen-bond donors (Lipinski definition) is 1. The molecule has 0 aromatic carbocycles. The molecule has 0 saturated carbocycles. The third kappa shape index (κ3) is 20.5. The Morgan fingerprint density at radius 3 is 1.65 bits per heavy atom. The summed E-state index contributed by atoms with van der Waals surface area (Å²) < 4.78 is 29.5. The molecule has 0 aliphatic rings. The average molecular weight is 470 g/mol. The fourth-order valence-electron chi connectivity index (χ4n) is 3.67. The number of hydrogen-bond acceptors (Lipinski definition) is 4. The molecule has 1 atom stereocenters. The van der Waals surface area contributed by atoms with Crippen molar-refractivity contribution in [3.8, 4) is 0 Å². The standard InChI is InChI=1S/C24H47NO4S.Na.H/c1-5-8-9-10-11-12-13-14-15-16-17-18-19-20-21-24(4,25-23(26)7-3)29-30(27,28)22-6-2;;/h7H,3,5-6,8-22H2,1-2,4H3,(H,25,26);;. The first-order valence-corrected chi connectivity index (χ1v) is 13.7. The van der Waals surface area contributed by atoms with Crippen LogP contribution in [0.2, 0.25) is 0 Å². The van der Waals surface area contributed by atoms with Gasteiger partial charge in [-0.3, -0.25) is 4.79 Å². The van der Waals surface area contributed by atoms with Crippen molar-refractivity contribution in [1.29, 1.82) is 0 Å². The molecule has 0 aromatic rings. The fourth-order valence-corrected chi connectivity index (χ4v) is 4.93. The summed E-state index contributed by atoms with van der Waals surface area (Å²) in [5, 5.41) is 2.65. The molecule has 0 radical (unpaired) electrons. The molecule has 0 spiro atoms. The molecule has 180 valence electrons. The number of carbonyl (C=O) groups is 1. The first-order chi connectivity index (χ1) is 14.3.